The monoisotopic (exact) mass is 325 g/mol. The van der Waals surface area contributed by atoms with Crippen molar-refractivity contribution in [3.63, 3.8) is 0 Å². The number of hydrogen-bond acceptors (Lipinski definition) is 2. The molecule has 1 aliphatic carbocycles. The molecule has 3 rings (SSSR count). The van der Waals surface area contributed by atoms with Gasteiger partial charge in [0.25, 0.3) is 0 Å². The van der Waals surface area contributed by atoms with Crippen LogP contribution in [0.4, 0.5) is 0 Å². The summed E-state index contributed by atoms with van der Waals surface area (Å²) in [7, 11) is 0. The Labute approximate surface area is 124 Å². The topological polar surface area (TPSA) is 21.1 Å². The van der Waals surface area contributed by atoms with E-state index in [0.29, 0.717) is 6.04 Å². The van der Waals surface area contributed by atoms with Crippen LogP contribution in [0.1, 0.15) is 50.3 Å². The summed E-state index contributed by atoms with van der Waals surface area (Å²) in [6.45, 7) is 3.48. The number of nitrogens with zero attached hydrogens (tertiary/aromatic N) is 3. The lowest BCUT2D eigenvalue weighted by Gasteiger charge is -2.22. The Morgan fingerprint density at radius 3 is 2.79 bits per heavy atom. The third-order valence-corrected chi connectivity index (χ3v) is 5.50. The first-order valence-corrected chi connectivity index (χ1v) is 8.79. The first kappa shape index (κ1) is 13.6. The Bertz CT molecular complexity index is 398. The predicted molar refractivity (Wildman–Crippen MR) is 81.5 cm³/mol. The van der Waals surface area contributed by atoms with Gasteiger partial charge < -0.3 is 0 Å². The highest BCUT2D eigenvalue weighted by atomic mass is 79.9. The van der Waals surface area contributed by atoms with Crippen LogP contribution in [0.15, 0.2) is 12.3 Å². The van der Waals surface area contributed by atoms with Crippen LogP contribution in [0, 0.1) is 5.92 Å². The minimum absolute atomic E-state index is 0.663. The molecule has 3 nitrogen and oxygen atoms in total. The van der Waals surface area contributed by atoms with E-state index < -0.39 is 0 Å². The summed E-state index contributed by atoms with van der Waals surface area (Å²) < 4.78 is 2.23. The van der Waals surface area contributed by atoms with Gasteiger partial charge in [-0.05, 0) is 37.8 Å². The first-order valence-electron chi connectivity index (χ1n) is 7.67. The van der Waals surface area contributed by atoms with Crippen molar-refractivity contribution >= 4 is 15.9 Å². The second-order valence-electron chi connectivity index (χ2n) is 6.12. The van der Waals surface area contributed by atoms with Gasteiger partial charge in [0.2, 0.25) is 0 Å². The summed E-state index contributed by atoms with van der Waals surface area (Å²) in [4.78, 5) is 2.54. The zero-order chi connectivity index (χ0) is 13.1. The molecule has 1 aromatic rings. The normalized spacial score (nSPS) is 26.1. The van der Waals surface area contributed by atoms with Crippen molar-refractivity contribution in [2.45, 2.75) is 51.1 Å². The minimum Gasteiger partial charge on any atom is -0.297 e. The van der Waals surface area contributed by atoms with Crippen LogP contribution >= 0.6 is 15.9 Å². The molecule has 2 heterocycles. The number of likely N-dealkylation sites (tertiary alicyclic amines) is 1. The zero-order valence-electron chi connectivity index (χ0n) is 11.6. The fourth-order valence-corrected chi connectivity index (χ4v) is 3.95. The van der Waals surface area contributed by atoms with E-state index in [9.17, 15) is 0 Å². The molecule has 1 saturated carbocycles. The van der Waals surface area contributed by atoms with Crippen LogP contribution < -0.4 is 0 Å². The molecule has 1 unspecified atom stereocenters. The van der Waals surface area contributed by atoms with E-state index in [1.54, 1.807) is 0 Å². The lowest BCUT2D eigenvalue weighted by atomic mass is 9.96. The van der Waals surface area contributed by atoms with Gasteiger partial charge in [-0.25, -0.2) is 0 Å². The highest BCUT2D eigenvalue weighted by Crippen LogP contribution is 2.27. The number of hydrogen-bond donors (Lipinski definition) is 0. The van der Waals surface area contributed by atoms with E-state index in [4.69, 9.17) is 5.10 Å². The van der Waals surface area contributed by atoms with E-state index in [2.05, 4.69) is 37.8 Å². The largest absolute Gasteiger partial charge is 0.297 e. The molecular weight excluding hydrogens is 302 g/mol. The van der Waals surface area contributed by atoms with Crippen LogP contribution in [0.25, 0.3) is 0 Å². The maximum Gasteiger partial charge on any atom is 0.0764 e. The fourth-order valence-electron chi connectivity index (χ4n) is 3.42. The standard InChI is InChI=1S/C15H24BrN3/c16-10-13-6-8-18(11-13)12-14-7-9-19(17-14)15-4-2-1-3-5-15/h7,9,13,15H,1-6,8,10-12H2. The lowest BCUT2D eigenvalue weighted by molar-refractivity contribution is 0.304. The zero-order valence-corrected chi connectivity index (χ0v) is 13.2. The smallest absolute Gasteiger partial charge is 0.0764 e. The summed E-state index contributed by atoms with van der Waals surface area (Å²) in [5, 5.41) is 5.95. The molecule has 0 amide bonds. The number of halogens is 1. The fraction of sp³-hybridized carbons (Fsp3) is 0.800. The van der Waals surface area contributed by atoms with Crippen LogP contribution in [-0.4, -0.2) is 33.1 Å². The van der Waals surface area contributed by atoms with Crippen molar-refractivity contribution in [3.8, 4) is 0 Å². The van der Waals surface area contributed by atoms with Crippen molar-refractivity contribution in [2.75, 3.05) is 18.4 Å². The van der Waals surface area contributed by atoms with Crippen molar-refractivity contribution < 1.29 is 0 Å². The van der Waals surface area contributed by atoms with Gasteiger partial charge in [-0.2, -0.15) is 5.10 Å². The maximum atomic E-state index is 4.81. The maximum absolute atomic E-state index is 4.81. The molecule has 1 aliphatic heterocycles. The average molecular weight is 326 g/mol. The molecule has 1 atom stereocenters. The molecule has 1 saturated heterocycles. The van der Waals surface area contributed by atoms with Crippen LogP contribution in [0.3, 0.4) is 0 Å². The second-order valence-corrected chi connectivity index (χ2v) is 6.77. The Kier molecular flexibility index (Phi) is 4.59. The molecule has 0 spiro atoms. The van der Waals surface area contributed by atoms with E-state index in [1.165, 1.54) is 57.3 Å². The third-order valence-electron chi connectivity index (χ3n) is 4.59. The Morgan fingerprint density at radius 2 is 2.05 bits per heavy atom. The molecule has 106 valence electrons. The molecule has 0 aromatic carbocycles. The average Bonchev–Trinajstić information content (AvgIpc) is 3.09. The van der Waals surface area contributed by atoms with Gasteiger partial charge in [0.1, 0.15) is 0 Å². The molecule has 2 fully saturated rings. The lowest BCUT2D eigenvalue weighted by Crippen LogP contribution is -2.21. The van der Waals surface area contributed by atoms with Gasteiger partial charge in [-0.3, -0.25) is 9.58 Å². The minimum atomic E-state index is 0.663. The van der Waals surface area contributed by atoms with Crippen molar-refractivity contribution in [2.24, 2.45) is 5.92 Å². The van der Waals surface area contributed by atoms with Gasteiger partial charge in [-0.1, -0.05) is 35.2 Å². The Morgan fingerprint density at radius 1 is 1.21 bits per heavy atom. The summed E-state index contributed by atoms with van der Waals surface area (Å²) in [5.74, 6) is 0.834. The van der Waals surface area contributed by atoms with Gasteiger partial charge in [0.15, 0.2) is 0 Å². The predicted octanol–water partition coefficient (Wildman–Crippen LogP) is 3.61. The van der Waals surface area contributed by atoms with Gasteiger partial charge in [0, 0.05) is 24.6 Å². The summed E-state index contributed by atoms with van der Waals surface area (Å²) in [5.41, 5.74) is 1.25. The third kappa shape index (κ3) is 3.40. The van der Waals surface area contributed by atoms with E-state index in [0.717, 1.165) is 17.8 Å². The molecule has 0 N–H and O–H groups in total. The van der Waals surface area contributed by atoms with Crippen LogP contribution in [-0.2, 0) is 6.54 Å². The molecule has 0 bridgehead atoms. The summed E-state index contributed by atoms with van der Waals surface area (Å²) in [6, 6.07) is 2.88. The SMILES string of the molecule is BrCC1CCN(Cc2ccn(C3CCCCC3)n2)C1. The second kappa shape index (κ2) is 6.40. The van der Waals surface area contributed by atoms with Crippen molar-refractivity contribution in [1.29, 1.82) is 0 Å². The highest BCUT2D eigenvalue weighted by Gasteiger charge is 2.22. The summed E-state index contributed by atoms with van der Waals surface area (Å²) >= 11 is 3.60. The highest BCUT2D eigenvalue weighted by molar-refractivity contribution is 9.09. The van der Waals surface area contributed by atoms with E-state index in [1.807, 2.05) is 0 Å². The molecule has 1 aromatic heterocycles. The Balaban J connectivity index is 1.56. The first-order chi connectivity index (χ1) is 9.35. The van der Waals surface area contributed by atoms with Gasteiger partial charge in [-0.15, -0.1) is 0 Å². The van der Waals surface area contributed by atoms with Gasteiger partial charge >= 0.3 is 0 Å². The van der Waals surface area contributed by atoms with Gasteiger partial charge in [0.05, 0.1) is 11.7 Å². The van der Waals surface area contributed by atoms with Crippen LogP contribution in [0.5, 0.6) is 0 Å². The van der Waals surface area contributed by atoms with Crippen LogP contribution in [0.2, 0.25) is 0 Å². The number of rotatable bonds is 4. The molecule has 4 heteroatoms. The molecule has 0 radical (unpaired) electrons. The number of aromatic nitrogens is 2. The van der Waals surface area contributed by atoms with E-state index >= 15 is 0 Å². The van der Waals surface area contributed by atoms with Crippen molar-refractivity contribution in [1.82, 2.24) is 14.7 Å². The summed E-state index contributed by atoms with van der Waals surface area (Å²) in [6.07, 6.45) is 10.3. The quantitative estimate of drug-likeness (QED) is 0.788. The Hall–Kier alpha value is -0.350. The van der Waals surface area contributed by atoms with Crippen molar-refractivity contribution in [3.05, 3.63) is 18.0 Å². The molecule has 2 aliphatic rings. The molecular formula is C15H24BrN3. The number of alkyl halides is 1. The molecule has 19 heavy (non-hydrogen) atoms. The van der Waals surface area contributed by atoms with E-state index in [-0.39, 0.29) is 0 Å².